The normalized spacial score (nSPS) is 20.2. The topological polar surface area (TPSA) is 29.1 Å². The van der Waals surface area contributed by atoms with Crippen molar-refractivity contribution in [2.45, 2.75) is 25.7 Å². The van der Waals surface area contributed by atoms with Crippen molar-refractivity contribution < 1.29 is 9.18 Å². The molecule has 0 saturated carbocycles. The molecular weight excluding hydrogens is 217 g/mol. The smallest absolute Gasteiger partial charge is 0.162 e. The Hall–Kier alpha value is -1.22. The summed E-state index contributed by atoms with van der Waals surface area (Å²) in [7, 11) is 0. The molecule has 1 N–H and O–H groups in total. The fourth-order valence-corrected chi connectivity index (χ4v) is 2.29. The van der Waals surface area contributed by atoms with Crippen LogP contribution in [0.1, 0.15) is 36.0 Å². The van der Waals surface area contributed by atoms with Crippen LogP contribution >= 0.6 is 0 Å². The molecule has 92 valence electrons. The summed E-state index contributed by atoms with van der Waals surface area (Å²) in [4.78, 5) is 11.9. The first-order valence-electron chi connectivity index (χ1n) is 6.25. The van der Waals surface area contributed by atoms with Crippen LogP contribution < -0.4 is 5.32 Å². The summed E-state index contributed by atoms with van der Waals surface area (Å²) < 4.78 is 12.7. The van der Waals surface area contributed by atoms with Crippen LogP contribution in [0.4, 0.5) is 4.39 Å². The molecule has 1 saturated heterocycles. The highest BCUT2D eigenvalue weighted by molar-refractivity contribution is 5.95. The summed E-state index contributed by atoms with van der Waals surface area (Å²) in [5.74, 6) is 0.446. The van der Waals surface area contributed by atoms with Crippen LogP contribution in [0.25, 0.3) is 0 Å². The van der Waals surface area contributed by atoms with E-state index < -0.39 is 0 Å². The highest BCUT2D eigenvalue weighted by atomic mass is 19.1. The molecule has 3 heteroatoms. The summed E-state index contributed by atoms with van der Waals surface area (Å²) in [6.07, 6.45) is 3.92. The molecule has 1 aliphatic rings. The lowest BCUT2D eigenvalue weighted by atomic mass is 9.92. The second-order valence-electron chi connectivity index (χ2n) is 4.68. The number of benzene rings is 1. The Morgan fingerprint density at radius 2 is 2.12 bits per heavy atom. The van der Waals surface area contributed by atoms with E-state index in [1.54, 1.807) is 12.1 Å². The minimum Gasteiger partial charge on any atom is -0.316 e. The fourth-order valence-electron chi connectivity index (χ4n) is 2.29. The third kappa shape index (κ3) is 3.63. The first-order chi connectivity index (χ1) is 8.25. The molecule has 0 amide bonds. The number of carbonyl (C=O) groups is 1. The first kappa shape index (κ1) is 12.2. The van der Waals surface area contributed by atoms with Gasteiger partial charge in [-0.2, -0.15) is 0 Å². The lowest BCUT2D eigenvalue weighted by Gasteiger charge is -2.22. The van der Waals surface area contributed by atoms with Crippen molar-refractivity contribution in [3.63, 3.8) is 0 Å². The number of piperidine rings is 1. The second-order valence-corrected chi connectivity index (χ2v) is 4.68. The molecule has 0 aliphatic carbocycles. The van der Waals surface area contributed by atoms with E-state index >= 15 is 0 Å². The molecule has 0 bridgehead atoms. The zero-order valence-electron chi connectivity index (χ0n) is 9.92. The van der Waals surface area contributed by atoms with Gasteiger partial charge in [-0.1, -0.05) is 0 Å². The van der Waals surface area contributed by atoms with Gasteiger partial charge in [-0.15, -0.1) is 0 Å². The molecule has 1 unspecified atom stereocenters. The monoisotopic (exact) mass is 235 g/mol. The van der Waals surface area contributed by atoms with Gasteiger partial charge in [0.15, 0.2) is 5.78 Å². The number of halogens is 1. The van der Waals surface area contributed by atoms with Gasteiger partial charge >= 0.3 is 0 Å². The van der Waals surface area contributed by atoms with E-state index in [0.29, 0.717) is 17.9 Å². The average Bonchev–Trinajstić information content (AvgIpc) is 2.38. The van der Waals surface area contributed by atoms with Crippen molar-refractivity contribution >= 4 is 5.78 Å². The summed E-state index contributed by atoms with van der Waals surface area (Å²) in [6.45, 7) is 2.12. The van der Waals surface area contributed by atoms with Gasteiger partial charge in [0, 0.05) is 12.0 Å². The molecule has 0 spiro atoms. The number of hydrogen-bond donors (Lipinski definition) is 1. The fraction of sp³-hybridized carbons (Fsp3) is 0.500. The van der Waals surface area contributed by atoms with Gasteiger partial charge in [-0.3, -0.25) is 4.79 Å². The van der Waals surface area contributed by atoms with E-state index in [-0.39, 0.29) is 11.6 Å². The number of hydrogen-bond acceptors (Lipinski definition) is 2. The predicted octanol–water partition coefficient (Wildman–Crippen LogP) is 2.79. The summed E-state index contributed by atoms with van der Waals surface area (Å²) >= 11 is 0. The number of rotatable bonds is 4. The number of ketones is 1. The van der Waals surface area contributed by atoms with Crippen LogP contribution in [-0.2, 0) is 0 Å². The minimum absolute atomic E-state index is 0.121. The van der Waals surface area contributed by atoms with E-state index in [9.17, 15) is 9.18 Å². The molecule has 1 aromatic carbocycles. The Morgan fingerprint density at radius 1 is 1.35 bits per heavy atom. The molecule has 1 aliphatic heterocycles. The molecule has 2 rings (SSSR count). The van der Waals surface area contributed by atoms with Gasteiger partial charge in [-0.25, -0.2) is 4.39 Å². The SMILES string of the molecule is O=C(CCC1CCCNC1)c1ccc(F)cc1. The quantitative estimate of drug-likeness (QED) is 0.813. The highest BCUT2D eigenvalue weighted by Gasteiger charge is 2.15. The zero-order chi connectivity index (χ0) is 12.1. The minimum atomic E-state index is -0.293. The Morgan fingerprint density at radius 3 is 2.76 bits per heavy atom. The molecule has 2 nitrogen and oxygen atoms in total. The number of nitrogens with one attached hydrogen (secondary N) is 1. The molecule has 1 fully saturated rings. The van der Waals surface area contributed by atoms with Gasteiger partial charge in [0.05, 0.1) is 0 Å². The maximum atomic E-state index is 12.7. The van der Waals surface area contributed by atoms with Crippen molar-refractivity contribution in [3.8, 4) is 0 Å². The number of Topliss-reactive ketones (excluding diaryl/α,β-unsaturated/α-hetero) is 1. The van der Waals surface area contributed by atoms with Gasteiger partial charge in [0.25, 0.3) is 0 Å². The summed E-state index contributed by atoms with van der Waals surface area (Å²) in [5.41, 5.74) is 0.621. The third-order valence-electron chi connectivity index (χ3n) is 3.34. The highest BCUT2D eigenvalue weighted by Crippen LogP contribution is 2.17. The third-order valence-corrected chi connectivity index (χ3v) is 3.34. The molecule has 17 heavy (non-hydrogen) atoms. The van der Waals surface area contributed by atoms with Crippen LogP contribution in [0.3, 0.4) is 0 Å². The molecule has 1 aromatic rings. The first-order valence-corrected chi connectivity index (χ1v) is 6.25. The largest absolute Gasteiger partial charge is 0.316 e. The van der Waals surface area contributed by atoms with Gasteiger partial charge in [0.1, 0.15) is 5.82 Å². The molecule has 1 heterocycles. The number of carbonyl (C=O) groups excluding carboxylic acids is 1. The molecule has 0 radical (unpaired) electrons. The van der Waals surface area contributed by atoms with Crippen molar-refractivity contribution in [1.82, 2.24) is 5.32 Å². The Bertz CT molecular complexity index is 368. The van der Waals surface area contributed by atoms with E-state index in [2.05, 4.69) is 5.32 Å². The van der Waals surface area contributed by atoms with E-state index in [1.165, 1.54) is 25.0 Å². The summed E-state index contributed by atoms with van der Waals surface area (Å²) in [6, 6.07) is 5.82. The molecule has 0 aromatic heterocycles. The van der Waals surface area contributed by atoms with Gasteiger partial charge in [0.2, 0.25) is 0 Å². The Balaban J connectivity index is 1.82. The van der Waals surface area contributed by atoms with Crippen molar-refractivity contribution in [3.05, 3.63) is 35.6 Å². The lowest BCUT2D eigenvalue weighted by molar-refractivity contribution is 0.0971. The molecule has 1 atom stereocenters. The van der Waals surface area contributed by atoms with Crippen LogP contribution in [0, 0.1) is 11.7 Å². The zero-order valence-corrected chi connectivity index (χ0v) is 9.92. The second kappa shape index (κ2) is 5.92. The Labute approximate surface area is 101 Å². The maximum absolute atomic E-state index is 12.7. The summed E-state index contributed by atoms with van der Waals surface area (Å²) in [5, 5.41) is 3.34. The predicted molar refractivity (Wildman–Crippen MR) is 65.6 cm³/mol. The standard InChI is InChI=1S/C14H18FNO/c15-13-6-4-12(5-7-13)14(17)8-3-11-2-1-9-16-10-11/h4-7,11,16H,1-3,8-10H2. The van der Waals surface area contributed by atoms with E-state index in [1.807, 2.05) is 0 Å². The van der Waals surface area contributed by atoms with Crippen molar-refractivity contribution in [2.75, 3.05) is 13.1 Å². The van der Waals surface area contributed by atoms with Crippen molar-refractivity contribution in [1.29, 1.82) is 0 Å². The van der Waals surface area contributed by atoms with Crippen LogP contribution in [0.2, 0.25) is 0 Å². The Kier molecular flexibility index (Phi) is 4.26. The van der Waals surface area contributed by atoms with Crippen LogP contribution in [0.15, 0.2) is 24.3 Å². The van der Waals surface area contributed by atoms with Crippen LogP contribution in [0.5, 0.6) is 0 Å². The average molecular weight is 235 g/mol. The van der Waals surface area contributed by atoms with Crippen LogP contribution in [-0.4, -0.2) is 18.9 Å². The lowest BCUT2D eigenvalue weighted by Crippen LogP contribution is -2.30. The molecular formula is C14H18FNO. The van der Waals surface area contributed by atoms with Gasteiger partial charge < -0.3 is 5.32 Å². The van der Waals surface area contributed by atoms with E-state index in [4.69, 9.17) is 0 Å². The maximum Gasteiger partial charge on any atom is 0.162 e. The van der Waals surface area contributed by atoms with E-state index in [0.717, 1.165) is 19.5 Å². The van der Waals surface area contributed by atoms with Crippen molar-refractivity contribution in [2.24, 2.45) is 5.92 Å². The van der Waals surface area contributed by atoms with Gasteiger partial charge in [-0.05, 0) is 62.5 Å².